The van der Waals surface area contributed by atoms with E-state index in [4.69, 9.17) is 4.74 Å². The Morgan fingerprint density at radius 2 is 1.85 bits per heavy atom. The van der Waals surface area contributed by atoms with Crippen LogP contribution >= 0.6 is 0 Å². The molecule has 4 atom stereocenters. The van der Waals surface area contributed by atoms with E-state index < -0.39 is 18.1 Å². The van der Waals surface area contributed by atoms with Crippen molar-refractivity contribution >= 4 is 5.82 Å². The van der Waals surface area contributed by atoms with Gasteiger partial charge in [0, 0.05) is 37.8 Å². The molecule has 3 fully saturated rings. The number of aromatic nitrogens is 2. The Bertz CT molecular complexity index is 1010. The molecule has 2 aromatic rings. The van der Waals surface area contributed by atoms with Crippen molar-refractivity contribution in [1.29, 1.82) is 0 Å². The van der Waals surface area contributed by atoms with Gasteiger partial charge in [-0.15, -0.1) is 10.2 Å². The van der Waals surface area contributed by atoms with Crippen molar-refractivity contribution in [1.82, 2.24) is 15.1 Å². The number of fused-ring (bicyclic) bond motifs is 1. The van der Waals surface area contributed by atoms with Crippen molar-refractivity contribution in [2.75, 3.05) is 31.6 Å². The van der Waals surface area contributed by atoms with Gasteiger partial charge in [0.25, 0.3) is 6.43 Å². The van der Waals surface area contributed by atoms with Gasteiger partial charge in [-0.1, -0.05) is 0 Å². The lowest BCUT2D eigenvalue weighted by molar-refractivity contribution is -0.00445. The Hall–Kier alpha value is -2.26. The van der Waals surface area contributed by atoms with Gasteiger partial charge in [-0.05, 0) is 74.6 Å². The summed E-state index contributed by atoms with van der Waals surface area (Å²) in [5, 5.41) is 11.0. The van der Waals surface area contributed by atoms with Crippen LogP contribution in [0.2, 0.25) is 0 Å². The molecule has 3 aliphatic rings. The first-order chi connectivity index (χ1) is 16.4. The zero-order valence-corrected chi connectivity index (χ0v) is 19.2. The van der Waals surface area contributed by atoms with Crippen LogP contribution in [-0.2, 0) is 4.74 Å². The third kappa shape index (κ3) is 5.05. The van der Waals surface area contributed by atoms with Crippen molar-refractivity contribution < 1.29 is 22.3 Å². The van der Waals surface area contributed by atoms with E-state index in [1.165, 1.54) is 0 Å². The molecule has 2 saturated heterocycles. The smallest absolute Gasteiger partial charge is 0.267 e. The minimum absolute atomic E-state index is 0.0218. The number of halogens is 4. The van der Waals surface area contributed by atoms with Crippen LogP contribution in [0, 0.1) is 29.4 Å². The number of benzene rings is 1. The lowest BCUT2D eigenvalue weighted by Gasteiger charge is -2.31. The minimum atomic E-state index is -2.81. The van der Waals surface area contributed by atoms with Gasteiger partial charge in [-0.2, -0.15) is 0 Å². The summed E-state index contributed by atoms with van der Waals surface area (Å²) in [4.78, 5) is 2.56. The van der Waals surface area contributed by atoms with Gasteiger partial charge in [-0.3, -0.25) is 0 Å². The summed E-state index contributed by atoms with van der Waals surface area (Å²) in [6, 6.07) is 4.00. The highest BCUT2D eigenvalue weighted by Gasteiger charge is 2.41. The summed E-state index contributed by atoms with van der Waals surface area (Å²) in [6.45, 7) is 6.17. The molecule has 3 heterocycles. The van der Waals surface area contributed by atoms with E-state index in [0.717, 1.165) is 76.2 Å². The molecule has 34 heavy (non-hydrogen) atoms. The molecule has 1 aromatic heterocycles. The lowest BCUT2D eigenvalue weighted by atomic mass is 9.95. The van der Waals surface area contributed by atoms with Crippen molar-refractivity contribution in [3.8, 4) is 11.3 Å². The standard InChI is InChI=1S/C25H30F4N4O/c1-14-6-15(4-5-34-14)11-33-12-16-7-19(8-17(16)13-33)30-25-21(24(28)29)10-23(31-32-25)20-9-18(26)2-3-22(20)27/h2-3,9-10,14-17,19,24H,4-8,11-13H2,1H3,(H,30,32)/t14-,15-,16+,17+/m0/s1. The first kappa shape index (κ1) is 23.5. The van der Waals surface area contributed by atoms with Gasteiger partial charge in [0.2, 0.25) is 0 Å². The second-order valence-electron chi connectivity index (χ2n) is 10.1. The predicted molar refractivity (Wildman–Crippen MR) is 121 cm³/mol. The molecular weight excluding hydrogens is 448 g/mol. The van der Waals surface area contributed by atoms with E-state index in [2.05, 4.69) is 27.3 Å². The fraction of sp³-hybridized carbons (Fsp3) is 0.600. The fourth-order valence-corrected chi connectivity index (χ4v) is 5.99. The van der Waals surface area contributed by atoms with Gasteiger partial charge in [0.15, 0.2) is 5.82 Å². The number of rotatable bonds is 6. The summed E-state index contributed by atoms with van der Waals surface area (Å²) < 4.78 is 60.9. The van der Waals surface area contributed by atoms with E-state index in [-0.39, 0.29) is 28.7 Å². The van der Waals surface area contributed by atoms with E-state index >= 15 is 0 Å². The Morgan fingerprint density at radius 1 is 1.09 bits per heavy atom. The van der Waals surface area contributed by atoms with E-state index in [9.17, 15) is 17.6 Å². The number of nitrogens with one attached hydrogen (secondary N) is 1. The zero-order chi connectivity index (χ0) is 23.8. The van der Waals surface area contributed by atoms with Crippen LogP contribution in [0.15, 0.2) is 24.3 Å². The van der Waals surface area contributed by atoms with Crippen LogP contribution in [0.4, 0.5) is 23.4 Å². The zero-order valence-electron chi connectivity index (χ0n) is 19.2. The second kappa shape index (κ2) is 9.77. The number of anilines is 1. The number of likely N-dealkylation sites (tertiary alicyclic amines) is 1. The molecule has 1 aromatic carbocycles. The monoisotopic (exact) mass is 478 g/mol. The molecule has 1 N–H and O–H groups in total. The first-order valence-corrected chi connectivity index (χ1v) is 12.1. The summed E-state index contributed by atoms with van der Waals surface area (Å²) in [5.74, 6) is 0.379. The number of nitrogens with zero attached hydrogens (tertiary/aromatic N) is 3. The molecular formula is C25H30F4N4O. The normalized spacial score (nSPS) is 27.9. The largest absolute Gasteiger partial charge is 0.378 e. The SMILES string of the molecule is C[C@H]1C[C@@H](CN2C[C@H]3CC(Nc4nnc(-c5cc(F)ccc5F)cc4C(F)F)C[C@@H]3C2)CCO1. The molecule has 5 rings (SSSR count). The highest BCUT2D eigenvalue weighted by atomic mass is 19.3. The lowest BCUT2D eigenvalue weighted by Crippen LogP contribution is -2.34. The molecule has 184 valence electrons. The van der Waals surface area contributed by atoms with Crippen LogP contribution in [0.5, 0.6) is 0 Å². The van der Waals surface area contributed by atoms with Crippen LogP contribution in [0.3, 0.4) is 0 Å². The van der Waals surface area contributed by atoms with Gasteiger partial charge >= 0.3 is 0 Å². The van der Waals surface area contributed by atoms with Crippen molar-refractivity contribution in [2.45, 2.75) is 51.2 Å². The topological polar surface area (TPSA) is 50.3 Å². The third-order valence-electron chi connectivity index (χ3n) is 7.54. The van der Waals surface area contributed by atoms with Crippen molar-refractivity contribution in [3.05, 3.63) is 41.5 Å². The third-order valence-corrected chi connectivity index (χ3v) is 7.54. The van der Waals surface area contributed by atoms with E-state index in [0.29, 0.717) is 23.9 Å². The molecule has 0 spiro atoms. The van der Waals surface area contributed by atoms with Crippen LogP contribution < -0.4 is 5.32 Å². The number of hydrogen-bond donors (Lipinski definition) is 1. The summed E-state index contributed by atoms with van der Waals surface area (Å²) in [7, 11) is 0. The predicted octanol–water partition coefficient (Wildman–Crippen LogP) is 5.30. The van der Waals surface area contributed by atoms with Gasteiger partial charge in [0.1, 0.15) is 11.6 Å². The Morgan fingerprint density at radius 3 is 2.56 bits per heavy atom. The molecule has 0 bridgehead atoms. The molecule has 1 aliphatic carbocycles. The molecule has 5 nitrogen and oxygen atoms in total. The average molecular weight is 479 g/mol. The Kier molecular flexibility index (Phi) is 6.75. The molecule has 0 unspecified atom stereocenters. The van der Waals surface area contributed by atoms with Crippen LogP contribution in [0.25, 0.3) is 11.3 Å². The van der Waals surface area contributed by atoms with Gasteiger partial charge < -0.3 is 15.0 Å². The van der Waals surface area contributed by atoms with Crippen molar-refractivity contribution in [2.24, 2.45) is 17.8 Å². The minimum Gasteiger partial charge on any atom is -0.378 e. The fourth-order valence-electron chi connectivity index (χ4n) is 5.99. The van der Waals surface area contributed by atoms with E-state index in [1.54, 1.807) is 0 Å². The molecule has 9 heteroatoms. The highest BCUT2D eigenvalue weighted by molar-refractivity contribution is 5.63. The molecule has 2 aliphatic heterocycles. The van der Waals surface area contributed by atoms with Crippen molar-refractivity contribution in [3.63, 3.8) is 0 Å². The first-order valence-electron chi connectivity index (χ1n) is 12.1. The van der Waals surface area contributed by atoms with Gasteiger partial charge in [-0.25, -0.2) is 17.6 Å². The summed E-state index contributed by atoms with van der Waals surface area (Å²) in [5.41, 5.74) is -0.643. The van der Waals surface area contributed by atoms with Gasteiger partial charge in [0.05, 0.1) is 17.4 Å². The Balaban J connectivity index is 1.22. The quantitative estimate of drug-likeness (QED) is 0.572. The second-order valence-corrected chi connectivity index (χ2v) is 10.1. The average Bonchev–Trinajstić information content (AvgIpc) is 3.33. The van der Waals surface area contributed by atoms with Crippen LogP contribution in [0.1, 0.15) is 44.6 Å². The maximum absolute atomic E-state index is 14.1. The summed E-state index contributed by atoms with van der Waals surface area (Å²) in [6.07, 6.45) is 1.55. The van der Waals surface area contributed by atoms with Crippen LogP contribution in [-0.4, -0.2) is 53.5 Å². The maximum atomic E-state index is 14.1. The maximum Gasteiger partial charge on any atom is 0.267 e. The number of alkyl halides is 2. The molecule has 0 radical (unpaired) electrons. The highest BCUT2D eigenvalue weighted by Crippen LogP contribution is 2.41. The Labute approximate surface area is 196 Å². The molecule has 1 saturated carbocycles. The number of ether oxygens (including phenoxy) is 1. The van der Waals surface area contributed by atoms with E-state index in [1.807, 2.05) is 0 Å². The summed E-state index contributed by atoms with van der Waals surface area (Å²) >= 11 is 0. The number of hydrogen-bond acceptors (Lipinski definition) is 5. The molecule has 0 amide bonds.